The number of aromatic nitrogens is 2. The fraction of sp³-hybridized carbons (Fsp3) is 0.273. The maximum absolute atomic E-state index is 11.7. The minimum absolute atomic E-state index is 0.208. The number of aryl methyl sites for hydroxylation is 1. The van der Waals surface area contributed by atoms with E-state index in [2.05, 4.69) is 5.10 Å². The summed E-state index contributed by atoms with van der Waals surface area (Å²) in [5, 5.41) is 2.45. The summed E-state index contributed by atoms with van der Waals surface area (Å²) < 4.78 is 1.19. The smallest absolute Gasteiger partial charge is 0.267 e. The molecule has 0 radical (unpaired) electrons. The molecule has 0 amide bonds. The molecule has 1 N–H and O–H groups in total. The molecule has 4 nitrogen and oxygen atoms in total. The molecule has 0 aliphatic carbocycles. The number of aromatic amines is 1. The van der Waals surface area contributed by atoms with Gasteiger partial charge < -0.3 is 0 Å². The van der Waals surface area contributed by atoms with E-state index in [1.165, 1.54) is 11.7 Å². The Morgan fingerprint density at radius 1 is 1.07 bits per heavy atom. The molecule has 0 saturated heterocycles. The highest BCUT2D eigenvalue weighted by atomic mass is 16.2. The first-order chi connectivity index (χ1) is 7.11. The first-order valence-corrected chi connectivity index (χ1v) is 4.70. The quantitative estimate of drug-likeness (QED) is 0.788. The zero-order valence-electron chi connectivity index (χ0n) is 9.07. The normalized spacial score (nSPS) is 11.7. The number of nitrogens with zero attached hydrogens (tertiary/aromatic N) is 1. The summed E-state index contributed by atoms with van der Waals surface area (Å²) in [6.07, 6.45) is 6.75. The average Bonchev–Trinajstić information content (AvgIpc) is 2.20. The van der Waals surface area contributed by atoms with Gasteiger partial charge in [-0.3, -0.25) is 19.4 Å². The second kappa shape index (κ2) is 4.59. The molecule has 0 bridgehead atoms. The van der Waals surface area contributed by atoms with Gasteiger partial charge in [-0.2, -0.15) is 0 Å². The van der Waals surface area contributed by atoms with Crippen LogP contribution in [0.4, 0.5) is 0 Å². The van der Waals surface area contributed by atoms with Gasteiger partial charge in [0.25, 0.3) is 11.1 Å². The van der Waals surface area contributed by atoms with Crippen LogP contribution in [-0.2, 0) is 7.05 Å². The maximum atomic E-state index is 11.7. The number of H-pyrrole nitrogens is 1. The second-order valence-corrected chi connectivity index (χ2v) is 3.13. The van der Waals surface area contributed by atoms with Gasteiger partial charge in [0, 0.05) is 7.05 Å². The second-order valence-electron chi connectivity index (χ2n) is 3.13. The van der Waals surface area contributed by atoms with E-state index in [4.69, 9.17) is 0 Å². The third-order valence-corrected chi connectivity index (χ3v) is 2.01. The van der Waals surface area contributed by atoms with Crippen molar-refractivity contribution >= 4 is 12.2 Å². The first kappa shape index (κ1) is 11.2. The lowest BCUT2D eigenvalue weighted by Crippen LogP contribution is -2.31. The largest absolute Gasteiger partial charge is 0.272 e. The summed E-state index contributed by atoms with van der Waals surface area (Å²) in [6.45, 7) is 3.61. The molecule has 0 saturated carbocycles. The monoisotopic (exact) mass is 206 g/mol. The Balaban J connectivity index is 3.69. The van der Waals surface area contributed by atoms with Gasteiger partial charge >= 0.3 is 0 Å². The summed E-state index contributed by atoms with van der Waals surface area (Å²) >= 11 is 0. The molecular formula is C11H14N2O2. The van der Waals surface area contributed by atoms with Crippen LogP contribution in [0.25, 0.3) is 12.2 Å². The van der Waals surface area contributed by atoms with Crippen LogP contribution in [0, 0.1) is 0 Å². The Morgan fingerprint density at radius 2 is 1.60 bits per heavy atom. The Morgan fingerprint density at radius 3 is 2.13 bits per heavy atom. The van der Waals surface area contributed by atoms with E-state index in [0.717, 1.165) is 0 Å². The molecule has 1 aromatic heterocycles. The van der Waals surface area contributed by atoms with E-state index in [1.54, 1.807) is 38.2 Å². The SMILES string of the molecule is C/C=C\c1c(/C=C\C)c(=O)n(C)[nH]c1=O. The Bertz CT molecular complexity index is 518. The molecule has 1 heterocycles. The highest BCUT2D eigenvalue weighted by Gasteiger charge is 2.07. The number of hydrogen-bond acceptors (Lipinski definition) is 2. The lowest BCUT2D eigenvalue weighted by Gasteiger charge is -2.02. The molecule has 15 heavy (non-hydrogen) atoms. The highest BCUT2D eigenvalue weighted by molar-refractivity contribution is 5.63. The third-order valence-electron chi connectivity index (χ3n) is 2.01. The molecule has 1 rings (SSSR count). The van der Waals surface area contributed by atoms with Crippen LogP contribution in [0.2, 0.25) is 0 Å². The first-order valence-electron chi connectivity index (χ1n) is 4.70. The summed E-state index contributed by atoms with van der Waals surface area (Å²) in [4.78, 5) is 23.3. The predicted octanol–water partition coefficient (Wildman–Crippen LogP) is 1.14. The van der Waals surface area contributed by atoms with Crippen molar-refractivity contribution in [2.75, 3.05) is 0 Å². The molecule has 0 aromatic carbocycles. The van der Waals surface area contributed by atoms with Gasteiger partial charge in [-0.05, 0) is 13.8 Å². The van der Waals surface area contributed by atoms with Crippen molar-refractivity contribution in [3.63, 3.8) is 0 Å². The van der Waals surface area contributed by atoms with E-state index < -0.39 is 0 Å². The molecule has 4 heteroatoms. The molecule has 0 fully saturated rings. The zero-order chi connectivity index (χ0) is 11.4. The van der Waals surface area contributed by atoms with Gasteiger partial charge in [0.2, 0.25) is 0 Å². The van der Waals surface area contributed by atoms with Crippen molar-refractivity contribution in [2.45, 2.75) is 13.8 Å². The highest BCUT2D eigenvalue weighted by Crippen LogP contribution is 2.02. The van der Waals surface area contributed by atoms with Gasteiger partial charge in [-0.15, -0.1) is 0 Å². The molecule has 0 spiro atoms. The van der Waals surface area contributed by atoms with Crippen molar-refractivity contribution < 1.29 is 0 Å². The van der Waals surface area contributed by atoms with Crippen LogP contribution in [-0.4, -0.2) is 9.78 Å². The minimum atomic E-state index is -0.261. The summed E-state index contributed by atoms with van der Waals surface area (Å²) in [6, 6.07) is 0. The van der Waals surface area contributed by atoms with Crippen molar-refractivity contribution in [1.82, 2.24) is 9.78 Å². The van der Waals surface area contributed by atoms with E-state index in [-0.39, 0.29) is 11.1 Å². The van der Waals surface area contributed by atoms with Gasteiger partial charge in [-0.25, -0.2) is 0 Å². The average molecular weight is 206 g/mol. The van der Waals surface area contributed by atoms with E-state index in [9.17, 15) is 9.59 Å². The number of hydrogen-bond donors (Lipinski definition) is 1. The standard InChI is InChI=1S/C11H14N2O2/c1-4-6-8-9(7-5-2)11(15)13(3)12-10(8)14/h4-7H,1-3H3,(H,12,14)/b6-4-,7-5-. The van der Waals surface area contributed by atoms with Crippen molar-refractivity contribution in [3.8, 4) is 0 Å². The zero-order valence-corrected chi connectivity index (χ0v) is 9.07. The topological polar surface area (TPSA) is 54.9 Å². The van der Waals surface area contributed by atoms with Gasteiger partial charge in [-0.1, -0.05) is 24.3 Å². The van der Waals surface area contributed by atoms with Crippen LogP contribution in [0.15, 0.2) is 21.7 Å². The lowest BCUT2D eigenvalue weighted by atomic mass is 10.1. The molecule has 0 atom stereocenters. The van der Waals surface area contributed by atoms with Crippen molar-refractivity contribution in [3.05, 3.63) is 44.0 Å². The molecular weight excluding hydrogens is 192 g/mol. The third kappa shape index (κ3) is 2.15. The van der Waals surface area contributed by atoms with Crippen LogP contribution in [0.1, 0.15) is 25.0 Å². The minimum Gasteiger partial charge on any atom is -0.267 e. The van der Waals surface area contributed by atoms with E-state index in [1.807, 2.05) is 0 Å². The van der Waals surface area contributed by atoms with Crippen LogP contribution in [0.3, 0.4) is 0 Å². The van der Waals surface area contributed by atoms with Gasteiger partial charge in [0.1, 0.15) is 0 Å². The fourth-order valence-corrected chi connectivity index (χ4v) is 1.34. The van der Waals surface area contributed by atoms with Crippen LogP contribution >= 0.6 is 0 Å². The number of allylic oxidation sites excluding steroid dienone is 2. The lowest BCUT2D eigenvalue weighted by molar-refractivity contribution is 0.688. The van der Waals surface area contributed by atoms with Gasteiger partial charge in [0.05, 0.1) is 11.1 Å². The van der Waals surface area contributed by atoms with Crippen molar-refractivity contribution in [2.24, 2.45) is 7.05 Å². The predicted molar refractivity (Wildman–Crippen MR) is 61.7 cm³/mol. The van der Waals surface area contributed by atoms with Crippen LogP contribution < -0.4 is 11.1 Å². The fourth-order valence-electron chi connectivity index (χ4n) is 1.34. The van der Waals surface area contributed by atoms with Crippen molar-refractivity contribution in [1.29, 1.82) is 0 Å². The summed E-state index contributed by atoms with van der Waals surface area (Å²) in [5.74, 6) is 0. The van der Waals surface area contributed by atoms with Gasteiger partial charge in [0.15, 0.2) is 0 Å². The Hall–Kier alpha value is -1.84. The summed E-state index contributed by atoms with van der Waals surface area (Å²) in [7, 11) is 1.52. The molecule has 1 aromatic rings. The molecule has 0 aliphatic rings. The number of nitrogens with one attached hydrogen (secondary N) is 1. The molecule has 0 unspecified atom stereocenters. The molecule has 80 valence electrons. The Labute approximate surface area is 87.5 Å². The molecule has 0 aliphatic heterocycles. The maximum Gasteiger partial charge on any atom is 0.272 e. The van der Waals surface area contributed by atoms with E-state index >= 15 is 0 Å². The summed E-state index contributed by atoms with van der Waals surface area (Å²) in [5.41, 5.74) is 0.352. The van der Waals surface area contributed by atoms with E-state index in [0.29, 0.717) is 11.1 Å². The van der Waals surface area contributed by atoms with Crippen LogP contribution in [0.5, 0.6) is 0 Å². The number of rotatable bonds is 2. The Kier molecular flexibility index (Phi) is 3.44.